The molecule has 0 radical (unpaired) electrons. The zero-order chi connectivity index (χ0) is 19.6. The second-order valence-electron chi connectivity index (χ2n) is 7.77. The molecule has 1 aromatic carbocycles. The van der Waals surface area contributed by atoms with Gasteiger partial charge in [0.05, 0.1) is 11.6 Å². The Bertz CT molecular complexity index is 765. The highest BCUT2D eigenvalue weighted by molar-refractivity contribution is 6.34. The lowest BCUT2D eigenvalue weighted by molar-refractivity contribution is -0.155. The molecule has 0 spiro atoms. The Labute approximate surface area is 164 Å². The second-order valence-corrected chi connectivity index (χ2v) is 8.18. The SMILES string of the molecule is CC(C)NC(=O)[C@H]1CCCN(C(=O)[C@@]2(C)CC(c3ccccc3Cl)=NO2)C1. The Balaban J connectivity index is 1.67. The van der Waals surface area contributed by atoms with Crippen molar-refractivity contribution in [3.63, 3.8) is 0 Å². The number of nitrogens with zero attached hydrogens (tertiary/aromatic N) is 2. The third-order valence-corrected chi connectivity index (χ3v) is 5.34. The fourth-order valence-corrected chi connectivity index (χ4v) is 3.85. The summed E-state index contributed by atoms with van der Waals surface area (Å²) in [5.74, 6) is -0.303. The second kappa shape index (κ2) is 7.89. The van der Waals surface area contributed by atoms with Gasteiger partial charge in [0.15, 0.2) is 0 Å². The minimum absolute atomic E-state index is 0.00741. The smallest absolute Gasteiger partial charge is 0.269 e. The van der Waals surface area contributed by atoms with E-state index in [2.05, 4.69) is 10.5 Å². The molecule has 3 rings (SSSR count). The van der Waals surface area contributed by atoms with E-state index in [1.807, 2.05) is 32.0 Å². The van der Waals surface area contributed by atoms with Crippen molar-refractivity contribution in [2.75, 3.05) is 13.1 Å². The molecular weight excluding hydrogens is 366 g/mol. The molecule has 0 bridgehead atoms. The van der Waals surface area contributed by atoms with Gasteiger partial charge in [-0.15, -0.1) is 0 Å². The standard InChI is InChI=1S/C20H26ClN3O3/c1-13(2)22-18(25)14-7-6-10-24(12-14)19(26)20(3)11-17(23-27-20)15-8-4-5-9-16(15)21/h4-5,8-9,13-14H,6-7,10-12H2,1-3H3,(H,22,25)/t14-,20+/m0/s1. The molecule has 1 saturated heterocycles. The molecule has 2 aliphatic heterocycles. The van der Waals surface area contributed by atoms with Crippen LogP contribution in [0.4, 0.5) is 0 Å². The molecule has 2 atom stereocenters. The summed E-state index contributed by atoms with van der Waals surface area (Å²) in [6.07, 6.45) is 1.95. The van der Waals surface area contributed by atoms with E-state index in [1.165, 1.54) is 0 Å². The number of piperidine rings is 1. The molecule has 27 heavy (non-hydrogen) atoms. The molecule has 0 aliphatic carbocycles. The molecule has 2 aliphatic rings. The zero-order valence-electron chi connectivity index (χ0n) is 16.0. The van der Waals surface area contributed by atoms with Crippen LogP contribution in [0.25, 0.3) is 0 Å². The number of rotatable bonds is 4. The van der Waals surface area contributed by atoms with E-state index in [1.54, 1.807) is 17.9 Å². The van der Waals surface area contributed by atoms with Gasteiger partial charge in [-0.1, -0.05) is 35.0 Å². The number of halogens is 1. The van der Waals surface area contributed by atoms with Gasteiger partial charge in [0.1, 0.15) is 0 Å². The van der Waals surface area contributed by atoms with Gasteiger partial charge in [-0.05, 0) is 39.7 Å². The van der Waals surface area contributed by atoms with Crippen LogP contribution in [0.15, 0.2) is 29.4 Å². The fraction of sp³-hybridized carbons (Fsp3) is 0.550. The molecular formula is C20H26ClN3O3. The summed E-state index contributed by atoms with van der Waals surface area (Å²) in [6, 6.07) is 7.48. The van der Waals surface area contributed by atoms with Crippen LogP contribution in [-0.2, 0) is 14.4 Å². The first-order valence-electron chi connectivity index (χ1n) is 9.40. The number of likely N-dealkylation sites (tertiary alicyclic amines) is 1. The minimum Gasteiger partial charge on any atom is -0.379 e. The first-order chi connectivity index (χ1) is 12.8. The average molecular weight is 392 g/mol. The fourth-order valence-electron chi connectivity index (χ4n) is 3.61. The van der Waals surface area contributed by atoms with E-state index >= 15 is 0 Å². The van der Waals surface area contributed by atoms with Crippen molar-refractivity contribution in [1.82, 2.24) is 10.2 Å². The van der Waals surface area contributed by atoms with Gasteiger partial charge in [0.25, 0.3) is 5.91 Å². The Hall–Kier alpha value is -2.08. The van der Waals surface area contributed by atoms with E-state index in [-0.39, 0.29) is 23.8 Å². The highest BCUT2D eigenvalue weighted by atomic mass is 35.5. The summed E-state index contributed by atoms with van der Waals surface area (Å²) in [4.78, 5) is 32.8. The van der Waals surface area contributed by atoms with Crippen LogP contribution in [0.1, 0.15) is 45.6 Å². The van der Waals surface area contributed by atoms with Crippen LogP contribution >= 0.6 is 11.6 Å². The van der Waals surface area contributed by atoms with Crippen molar-refractivity contribution in [3.05, 3.63) is 34.9 Å². The van der Waals surface area contributed by atoms with E-state index in [9.17, 15) is 9.59 Å². The Morgan fingerprint density at radius 3 is 2.81 bits per heavy atom. The van der Waals surface area contributed by atoms with Crippen molar-refractivity contribution in [3.8, 4) is 0 Å². The highest BCUT2D eigenvalue weighted by Gasteiger charge is 2.46. The van der Waals surface area contributed by atoms with Crippen molar-refractivity contribution >= 4 is 29.1 Å². The van der Waals surface area contributed by atoms with Gasteiger partial charge < -0.3 is 15.1 Å². The molecule has 146 valence electrons. The molecule has 1 aromatic rings. The summed E-state index contributed by atoms with van der Waals surface area (Å²) >= 11 is 6.24. The average Bonchev–Trinajstić information content (AvgIpc) is 3.04. The molecule has 0 unspecified atom stereocenters. The summed E-state index contributed by atoms with van der Waals surface area (Å²) in [7, 11) is 0. The number of hydrogen-bond acceptors (Lipinski definition) is 4. The first kappa shape index (κ1) is 19.7. The first-order valence-corrected chi connectivity index (χ1v) is 9.77. The monoisotopic (exact) mass is 391 g/mol. The van der Waals surface area contributed by atoms with E-state index < -0.39 is 5.60 Å². The van der Waals surface area contributed by atoms with Gasteiger partial charge in [-0.3, -0.25) is 9.59 Å². The van der Waals surface area contributed by atoms with Crippen LogP contribution in [0.2, 0.25) is 5.02 Å². The summed E-state index contributed by atoms with van der Waals surface area (Å²) in [5, 5.41) is 7.66. The highest BCUT2D eigenvalue weighted by Crippen LogP contribution is 2.32. The molecule has 2 heterocycles. The topological polar surface area (TPSA) is 71.0 Å². The predicted octanol–water partition coefficient (Wildman–Crippen LogP) is 2.99. The Morgan fingerprint density at radius 1 is 1.37 bits per heavy atom. The predicted molar refractivity (Wildman–Crippen MR) is 105 cm³/mol. The molecule has 7 heteroatoms. The van der Waals surface area contributed by atoms with E-state index in [4.69, 9.17) is 16.4 Å². The number of hydrogen-bond donors (Lipinski definition) is 1. The number of oxime groups is 1. The summed E-state index contributed by atoms with van der Waals surface area (Å²) in [6.45, 7) is 6.66. The molecule has 1 N–H and O–H groups in total. The van der Waals surface area contributed by atoms with Crippen LogP contribution < -0.4 is 5.32 Å². The van der Waals surface area contributed by atoms with Crippen molar-refractivity contribution in [1.29, 1.82) is 0 Å². The quantitative estimate of drug-likeness (QED) is 0.857. The number of amides is 2. The van der Waals surface area contributed by atoms with Gasteiger partial charge in [0.2, 0.25) is 11.5 Å². The summed E-state index contributed by atoms with van der Waals surface area (Å²) < 4.78 is 0. The van der Waals surface area contributed by atoms with Crippen LogP contribution in [0.3, 0.4) is 0 Å². The van der Waals surface area contributed by atoms with Gasteiger partial charge in [-0.25, -0.2) is 0 Å². The molecule has 0 saturated carbocycles. The zero-order valence-corrected chi connectivity index (χ0v) is 16.8. The normalized spacial score (nSPS) is 25.1. The van der Waals surface area contributed by atoms with Gasteiger partial charge in [-0.2, -0.15) is 0 Å². The molecule has 2 amide bonds. The number of benzene rings is 1. The Kier molecular flexibility index (Phi) is 5.75. The maximum Gasteiger partial charge on any atom is 0.269 e. The van der Waals surface area contributed by atoms with Crippen LogP contribution in [0, 0.1) is 5.92 Å². The van der Waals surface area contributed by atoms with Crippen LogP contribution in [-0.4, -0.2) is 47.2 Å². The third-order valence-electron chi connectivity index (χ3n) is 5.01. The van der Waals surface area contributed by atoms with E-state index in [0.717, 1.165) is 18.4 Å². The minimum atomic E-state index is -1.06. The van der Waals surface area contributed by atoms with Crippen molar-refractivity contribution < 1.29 is 14.4 Å². The third kappa shape index (κ3) is 4.26. The Morgan fingerprint density at radius 2 is 2.11 bits per heavy atom. The maximum atomic E-state index is 13.1. The largest absolute Gasteiger partial charge is 0.379 e. The molecule has 1 fully saturated rings. The molecule has 0 aromatic heterocycles. The van der Waals surface area contributed by atoms with Crippen molar-refractivity contribution in [2.24, 2.45) is 11.1 Å². The lowest BCUT2D eigenvalue weighted by atomic mass is 9.91. The number of carbonyl (C=O) groups is 2. The maximum absolute atomic E-state index is 13.1. The van der Waals surface area contributed by atoms with E-state index in [0.29, 0.717) is 30.2 Å². The van der Waals surface area contributed by atoms with Crippen LogP contribution in [0.5, 0.6) is 0 Å². The number of carbonyl (C=O) groups excluding carboxylic acids is 2. The lowest BCUT2D eigenvalue weighted by Gasteiger charge is -2.36. The summed E-state index contributed by atoms with van der Waals surface area (Å²) in [5.41, 5.74) is 0.386. The molecule has 6 nitrogen and oxygen atoms in total. The lowest BCUT2D eigenvalue weighted by Crippen LogP contribution is -2.53. The van der Waals surface area contributed by atoms with Gasteiger partial charge >= 0.3 is 0 Å². The van der Waals surface area contributed by atoms with Crippen molar-refractivity contribution in [2.45, 2.75) is 51.7 Å². The number of nitrogens with one attached hydrogen (secondary N) is 1. The van der Waals surface area contributed by atoms with Gasteiger partial charge in [0, 0.05) is 36.1 Å².